The minimum absolute atomic E-state index is 0.0445. The summed E-state index contributed by atoms with van der Waals surface area (Å²) in [5.41, 5.74) is 2.08. The quantitative estimate of drug-likeness (QED) is 0.884. The van der Waals surface area contributed by atoms with Gasteiger partial charge in [0.25, 0.3) is 5.91 Å². The maximum absolute atomic E-state index is 12.7. The van der Waals surface area contributed by atoms with Crippen LogP contribution < -0.4 is 5.32 Å². The Kier molecular flexibility index (Phi) is 5.87. The molecule has 1 fully saturated rings. The lowest BCUT2D eigenvalue weighted by atomic mass is 9.77. The summed E-state index contributed by atoms with van der Waals surface area (Å²) in [5, 5.41) is 3.32. The van der Waals surface area contributed by atoms with Crippen molar-refractivity contribution in [2.24, 2.45) is 5.92 Å². The van der Waals surface area contributed by atoms with Crippen LogP contribution >= 0.6 is 0 Å². The Balaban J connectivity index is 1.81. The van der Waals surface area contributed by atoms with E-state index in [0.29, 0.717) is 12.0 Å². The standard InChI is InChI=1S/C22H28N2O/c1-24(2)21(17-11-5-3-6-12-17)19-15-9-10-16-20(19)23-22(25)18-13-7-4-8-14-18/h3-8,11-14,19-21H,9-10,15-16H2,1-2H3,(H,23,25). The largest absolute Gasteiger partial charge is 0.349 e. The first-order valence-corrected chi connectivity index (χ1v) is 9.24. The lowest BCUT2D eigenvalue weighted by molar-refractivity contribution is 0.0845. The molecule has 0 heterocycles. The highest BCUT2D eigenvalue weighted by atomic mass is 16.1. The third-order valence-electron chi connectivity index (χ3n) is 5.27. The van der Waals surface area contributed by atoms with Crippen LogP contribution in [0.4, 0.5) is 0 Å². The van der Waals surface area contributed by atoms with E-state index < -0.39 is 0 Å². The number of hydrogen-bond acceptors (Lipinski definition) is 2. The van der Waals surface area contributed by atoms with Crippen LogP contribution in [0.15, 0.2) is 60.7 Å². The predicted octanol–water partition coefficient (Wildman–Crippen LogP) is 4.28. The molecule has 2 aromatic carbocycles. The molecule has 0 bridgehead atoms. The van der Waals surface area contributed by atoms with Crippen LogP contribution in [0.1, 0.15) is 47.6 Å². The molecule has 132 valence electrons. The number of amides is 1. The van der Waals surface area contributed by atoms with Crippen LogP contribution in [0.5, 0.6) is 0 Å². The molecule has 1 N–H and O–H groups in total. The van der Waals surface area contributed by atoms with Gasteiger partial charge in [-0.15, -0.1) is 0 Å². The van der Waals surface area contributed by atoms with E-state index in [-0.39, 0.29) is 11.9 Å². The second kappa shape index (κ2) is 8.30. The molecule has 2 aromatic rings. The molecule has 0 aliphatic heterocycles. The lowest BCUT2D eigenvalue weighted by Crippen LogP contribution is -2.46. The van der Waals surface area contributed by atoms with Crippen molar-refractivity contribution in [3.05, 3.63) is 71.8 Å². The van der Waals surface area contributed by atoms with Gasteiger partial charge in [-0.3, -0.25) is 4.79 Å². The summed E-state index contributed by atoms with van der Waals surface area (Å²) in [6.07, 6.45) is 4.63. The summed E-state index contributed by atoms with van der Waals surface area (Å²) in [5.74, 6) is 0.474. The summed E-state index contributed by atoms with van der Waals surface area (Å²) in [6, 6.07) is 20.8. The molecule has 3 rings (SSSR count). The van der Waals surface area contributed by atoms with Crippen LogP contribution in [0.2, 0.25) is 0 Å². The van der Waals surface area contributed by atoms with Gasteiger partial charge in [0.2, 0.25) is 0 Å². The average Bonchev–Trinajstić information content (AvgIpc) is 2.64. The van der Waals surface area contributed by atoms with Gasteiger partial charge in [-0.25, -0.2) is 0 Å². The van der Waals surface area contributed by atoms with Crippen molar-refractivity contribution in [2.75, 3.05) is 14.1 Å². The van der Waals surface area contributed by atoms with E-state index in [1.54, 1.807) is 0 Å². The van der Waals surface area contributed by atoms with Gasteiger partial charge >= 0.3 is 0 Å². The molecule has 1 aliphatic rings. The number of carbonyl (C=O) groups excluding carboxylic acids is 1. The molecule has 3 atom stereocenters. The van der Waals surface area contributed by atoms with Gasteiger partial charge in [-0.2, -0.15) is 0 Å². The zero-order chi connectivity index (χ0) is 17.6. The SMILES string of the molecule is CN(C)C(c1ccccc1)C1CCCCC1NC(=O)c1ccccc1. The van der Waals surface area contributed by atoms with E-state index in [1.807, 2.05) is 30.3 Å². The van der Waals surface area contributed by atoms with Crippen molar-refractivity contribution >= 4 is 5.91 Å². The van der Waals surface area contributed by atoms with Gasteiger partial charge < -0.3 is 10.2 Å². The number of rotatable bonds is 5. The van der Waals surface area contributed by atoms with Crippen molar-refractivity contribution in [3.63, 3.8) is 0 Å². The molecule has 1 saturated carbocycles. The Hall–Kier alpha value is -2.13. The molecule has 25 heavy (non-hydrogen) atoms. The summed E-state index contributed by atoms with van der Waals surface area (Å²) < 4.78 is 0. The first kappa shape index (κ1) is 17.7. The third kappa shape index (κ3) is 4.29. The first-order valence-electron chi connectivity index (χ1n) is 9.24. The molecule has 1 aliphatic carbocycles. The van der Waals surface area contributed by atoms with Crippen molar-refractivity contribution in [1.82, 2.24) is 10.2 Å². The van der Waals surface area contributed by atoms with E-state index in [1.165, 1.54) is 18.4 Å². The topological polar surface area (TPSA) is 32.3 Å². The van der Waals surface area contributed by atoms with Crippen LogP contribution in [-0.2, 0) is 0 Å². The monoisotopic (exact) mass is 336 g/mol. The number of nitrogens with one attached hydrogen (secondary N) is 1. The van der Waals surface area contributed by atoms with E-state index in [4.69, 9.17) is 0 Å². The number of carbonyl (C=O) groups is 1. The Morgan fingerprint density at radius 3 is 2.20 bits per heavy atom. The van der Waals surface area contributed by atoms with Gasteiger partial charge in [-0.1, -0.05) is 61.4 Å². The molecule has 3 nitrogen and oxygen atoms in total. The van der Waals surface area contributed by atoms with Gasteiger partial charge in [0, 0.05) is 17.6 Å². The fourth-order valence-corrected chi connectivity index (χ4v) is 4.14. The first-order chi connectivity index (χ1) is 12.2. The summed E-state index contributed by atoms with van der Waals surface area (Å²) in [4.78, 5) is 15.0. The highest BCUT2D eigenvalue weighted by Crippen LogP contribution is 2.37. The van der Waals surface area contributed by atoms with E-state index in [2.05, 4.69) is 54.6 Å². The van der Waals surface area contributed by atoms with Gasteiger partial charge in [0.05, 0.1) is 0 Å². The lowest BCUT2D eigenvalue weighted by Gasteiger charge is -2.40. The summed E-state index contributed by atoms with van der Waals surface area (Å²) in [7, 11) is 4.28. The second-order valence-electron chi connectivity index (χ2n) is 7.21. The maximum atomic E-state index is 12.7. The molecule has 3 unspecified atom stereocenters. The van der Waals surface area contributed by atoms with Crippen LogP contribution in [0.25, 0.3) is 0 Å². The zero-order valence-corrected chi connectivity index (χ0v) is 15.2. The molecule has 0 saturated heterocycles. The van der Waals surface area contributed by atoms with Crippen molar-refractivity contribution in [2.45, 2.75) is 37.8 Å². The van der Waals surface area contributed by atoms with Crippen LogP contribution in [-0.4, -0.2) is 30.9 Å². The van der Waals surface area contributed by atoms with Crippen molar-refractivity contribution in [3.8, 4) is 0 Å². The van der Waals surface area contributed by atoms with E-state index in [9.17, 15) is 4.79 Å². The Morgan fingerprint density at radius 1 is 0.960 bits per heavy atom. The highest BCUT2D eigenvalue weighted by molar-refractivity contribution is 5.94. The van der Waals surface area contributed by atoms with Gasteiger partial charge in [0.1, 0.15) is 0 Å². The normalized spacial score (nSPS) is 21.7. The van der Waals surface area contributed by atoms with Crippen molar-refractivity contribution in [1.29, 1.82) is 0 Å². The minimum Gasteiger partial charge on any atom is -0.349 e. The molecule has 0 aromatic heterocycles. The number of benzene rings is 2. The van der Waals surface area contributed by atoms with E-state index in [0.717, 1.165) is 18.4 Å². The molecular weight excluding hydrogens is 308 g/mol. The second-order valence-corrected chi connectivity index (χ2v) is 7.21. The molecule has 0 spiro atoms. The maximum Gasteiger partial charge on any atom is 0.251 e. The smallest absolute Gasteiger partial charge is 0.251 e. The fraction of sp³-hybridized carbons (Fsp3) is 0.409. The minimum atomic E-state index is 0.0445. The average molecular weight is 336 g/mol. The Morgan fingerprint density at radius 2 is 1.56 bits per heavy atom. The van der Waals surface area contributed by atoms with Crippen LogP contribution in [0, 0.1) is 5.92 Å². The fourth-order valence-electron chi connectivity index (χ4n) is 4.14. The molecule has 3 heteroatoms. The predicted molar refractivity (Wildman–Crippen MR) is 103 cm³/mol. The third-order valence-corrected chi connectivity index (χ3v) is 5.27. The zero-order valence-electron chi connectivity index (χ0n) is 15.2. The number of nitrogens with zero attached hydrogens (tertiary/aromatic N) is 1. The summed E-state index contributed by atoms with van der Waals surface area (Å²) in [6.45, 7) is 0. The van der Waals surface area contributed by atoms with Gasteiger partial charge in [-0.05, 0) is 50.6 Å². The molecular formula is C22H28N2O. The van der Waals surface area contributed by atoms with E-state index >= 15 is 0 Å². The van der Waals surface area contributed by atoms with Crippen molar-refractivity contribution < 1.29 is 4.79 Å². The number of hydrogen-bond donors (Lipinski definition) is 1. The molecule has 1 amide bonds. The summed E-state index contributed by atoms with van der Waals surface area (Å²) >= 11 is 0. The highest BCUT2D eigenvalue weighted by Gasteiger charge is 2.34. The van der Waals surface area contributed by atoms with Gasteiger partial charge in [0.15, 0.2) is 0 Å². The Labute approximate surface area is 151 Å². The Bertz CT molecular complexity index is 669. The molecule has 0 radical (unpaired) electrons. The van der Waals surface area contributed by atoms with Crippen LogP contribution in [0.3, 0.4) is 0 Å².